The first kappa shape index (κ1) is 11.1. The van der Waals surface area contributed by atoms with E-state index in [0.29, 0.717) is 6.04 Å². The molecule has 0 saturated heterocycles. The van der Waals surface area contributed by atoms with Crippen molar-refractivity contribution in [2.75, 3.05) is 5.32 Å². The lowest BCUT2D eigenvalue weighted by Gasteiger charge is -2.16. The quantitative estimate of drug-likeness (QED) is 0.745. The number of nitrogens with one attached hydrogen (secondary N) is 1. The average molecular weight is 191 g/mol. The highest BCUT2D eigenvalue weighted by Gasteiger charge is 2.01. The van der Waals surface area contributed by atoms with E-state index in [1.165, 1.54) is 24.1 Å². The van der Waals surface area contributed by atoms with Crippen LogP contribution < -0.4 is 5.32 Å². The van der Waals surface area contributed by atoms with Crippen LogP contribution in [0.1, 0.15) is 39.2 Å². The van der Waals surface area contributed by atoms with Gasteiger partial charge in [0.05, 0.1) is 0 Å². The van der Waals surface area contributed by atoms with Gasteiger partial charge in [-0.3, -0.25) is 0 Å². The van der Waals surface area contributed by atoms with Crippen LogP contribution in [0.25, 0.3) is 0 Å². The molecule has 0 aliphatic rings. The lowest BCUT2D eigenvalue weighted by Crippen LogP contribution is -2.16. The molecule has 0 aliphatic heterocycles. The average Bonchev–Trinajstić information content (AvgIpc) is 2.26. The minimum absolute atomic E-state index is 0.613. The van der Waals surface area contributed by atoms with Crippen LogP contribution in [0.15, 0.2) is 24.3 Å². The maximum absolute atomic E-state index is 3.53. The fraction of sp³-hybridized carbons (Fsp3) is 0.538. The Bertz CT molecular complexity index is 246. The maximum Gasteiger partial charge on any atom is 0.0342 e. The van der Waals surface area contributed by atoms with E-state index < -0.39 is 0 Å². The van der Waals surface area contributed by atoms with Crippen molar-refractivity contribution in [3.05, 3.63) is 29.8 Å². The van der Waals surface area contributed by atoms with Gasteiger partial charge in [-0.15, -0.1) is 0 Å². The van der Waals surface area contributed by atoms with Crippen molar-refractivity contribution in [3.63, 3.8) is 0 Å². The smallest absolute Gasteiger partial charge is 0.0342 e. The van der Waals surface area contributed by atoms with E-state index in [4.69, 9.17) is 0 Å². The minimum Gasteiger partial charge on any atom is -0.382 e. The first-order chi connectivity index (χ1) is 6.80. The molecule has 1 nitrogen and oxygen atoms in total. The van der Waals surface area contributed by atoms with Crippen LogP contribution in [0, 0.1) is 0 Å². The van der Waals surface area contributed by atoms with E-state index in [9.17, 15) is 0 Å². The normalized spacial score (nSPS) is 10.6. The summed E-state index contributed by atoms with van der Waals surface area (Å²) in [5.74, 6) is 0. The third kappa shape index (κ3) is 3.06. The molecule has 14 heavy (non-hydrogen) atoms. The van der Waals surface area contributed by atoms with Crippen molar-refractivity contribution in [1.82, 2.24) is 0 Å². The van der Waals surface area contributed by atoms with E-state index in [-0.39, 0.29) is 0 Å². The summed E-state index contributed by atoms with van der Waals surface area (Å²) in [6.07, 6.45) is 3.49. The molecule has 1 N–H and O–H groups in total. The fourth-order valence-corrected chi connectivity index (χ4v) is 1.57. The SMILES string of the molecule is CCc1ccc(NC(CC)CC)cc1. The van der Waals surface area contributed by atoms with E-state index >= 15 is 0 Å². The molecule has 0 bridgehead atoms. The van der Waals surface area contributed by atoms with Gasteiger partial charge in [-0.1, -0.05) is 32.9 Å². The van der Waals surface area contributed by atoms with E-state index in [0.717, 1.165) is 6.42 Å². The molecule has 0 fully saturated rings. The number of hydrogen-bond acceptors (Lipinski definition) is 1. The van der Waals surface area contributed by atoms with Crippen LogP contribution in [0.4, 0.5) is 5.69 Å². The predicted molar refractivity (Wildman–Crippen MR) is 63.8 cm³/mol. The van der Waals surface area contributed by atoms with E-state index in [2.05, 4.69) is 50.4 Å². The Morgan fingerprint density at radius 1 is 1.00 bits per heavy atom. The first-order valence-electron chi connectivity index (χ1n) is 5.65. The highest BCUT2D eigenvalue weighted by molar-refractivity contribution is 5.45. The lowest BCUT2D eigenvalue weighted by molar-refractivity contribution is 0.672. The van der Waals surface area contributed by atoms with Crippen molar-refractivity contribution in [2.45, 2.75) is 46.1 Å². The number of benzene rings is 1. The third-order valence-corrected chi connectivity index (χ3v) is 2.72. The molecule has 1 aromatic rings. The second kappa shape index (κ2) is 5.69. The van der Waals surface area contributed by atoms with Gasteiger partial charge in [0, 0.05) is 11.7 Å². The fourth-order valence-electron chi connectivity index (χ4n) is 1.57. The Labute approximate surface area is 87.5 Å². The number of anilines is 1. The van der Waals surface area contributed by atoms with Crippen LogP contribution in [0.5, 0.6) is 0 Å². The zero-order valence-corrected chi connectivity index (χ0v) is 9.51. The highest BCUT2D eigenvalue weighted by Crippen LogP contribution is 2.13. The van der Waals surface area contributed by atoms with Crippen LogP contribution >= 0.6 is 0 Å². The topological polar surface area (TPSA) is 12.0 Å². The zero-order chi connectivity index (χ0) is 10.4. The Morgan fingerprint density at radius 3 is 2.00 bits per heavy atom. The van der Waals surface area contributed by atoms with Gasteiger partial charge in [0.2, 0.25) is 0 Å². The molecule has 0 atom stereocenters. The molecule has 1 rings (SSSR count). The molecule has 0 aromatic heterocycles. The van der Waals surface area contributed by atoms with Crippen molar-refractivity contribution < 1.29 is 0 Å². The van der Waals surface area contributed by atoms with Gasteiger partial charge in [-0.05, 0) is 37.0 Å². The summed E-state index contributed by atoms with van der Waals surface area (Å²) in [6.45, 7) is 6.63. The standard InChI is InChI=1S/C13H21N/c1-4-11-7-9-13(10-8-11)14-12(5-2)6-3/h7-10,12,14H,4-6H2,1-3H3. The summed E-state index contributed by atoms with van der Waals surface area (Å²) in [4.78, 5) is 0. The van der Waals surface area contributed by atoms with Gasteiger partial charge in [-0.25, -0.2) is 0 Å². The van der Waals surface area contributed by atoms with Crippen molar-refractivity contribution >= 4 is 5.69 Å². The first-order valence-corrected chi connectivity index (χ1v) is 5.65. The molecule has 0 saturated carbocycles. The Morgan fingerprint density at radius 2 is 1.57 bits per heavy atom. The molecule has 1 aromatic carbocycles. The predicted octanol–water partition coefficient (Wildman–Crippen LogP) is 3.85. The Kier molecular flexibility index (Phi) is 4.51. The maximum atomic E-state index is 3.53. The molecular weight excluding hydrogens is 170 g/mol. The summed E-state index contributed by atoms with van der Waals surface area (Å²) >= 11 is 0. The van der Waals surface area contributed by atoms with Crippen LogP contribution in [0.3, 0.4) is 0 Å². The van der Waals surface area contributed by atoms with Gasteiger partial charge in [0.25, 0.3) is 0 Å². The molecular formula is C13H21N. The second-order valence-corrected chi connectivity index (χ2v) is 3.71. The largest absolute Gasteiger partial charge is 0.382 e. The van der Waals surface area contributed by atoms with Crippen LogP contribution in [0.2, 0.25) is 0 Å². The molecule has 0 heterocycles. The summed E-state index contributed by atoms with van der Waals surface area (Å²) < 4.78 is 0. The molecule has 0 radical (unpaired) electrons. The lowest BCUT2D eigenvalue weighted by atomic mass is 10.1. The van der Waals surface area contributed by atoms with E-state index in [1.807, 2.05) is 0 Å². The molecule has 0 spiro atoms. The van der Waals surface area contributed by atoms with Gasteiger partial charge in [-0.2, -0.15) is 0 Å². The highest BCUT2D eigenvalue weighted by atomic mass is 14.9. The van der Waals surface area contributed by atoms with Crippen molar-refractivity contribution in [2.24, 2.45) is 0 Å². The van der Waals surface area contributed by atoms with E-state index in [1.54, 1.807) is 0 Å². The second-order valence-electron chi connectivity index (χ2n) is 3.71. The van der Waals surface area contributed by atoms with Gasteiger partial charge in [0.1, 0.15) is 0 Å². The summed E-state index contributed by atoms with van der Waals surface area (Å²) in [7, 11) is 0. The van der Waals surface area contributed by atoms with Crippen molar-refractivity contribution in [1.29, 1.82) is 0 Å². The van der Waals surface area contributed by atoms with Gasteiger partial charge < -0.3 is 5.32 Å². The van der Waals surface area contributed by atoms with Crippen LogP contribution in [-0.2, 0) is 6.42 Å². The number of rotatable bonds is 5. The summed E-state index contributed by atoms with van der Waals surface area (Å²) in [5, 5.41) is 3.53. The van der Waals surface area contributed by atoms with Crippen LogP contribution in [-0.4, -0.2) is 6.04 Å². The minimum atomic E-state index is 0.613. The van der Waals surface area contributed by atoms with Gasteiger partial charge >= 0.3 is 0 Å². The molecule has 0 unspecified atom stereocenters. The molecule has 1 heteroatoms. The molecule has 0 amide bonds. The number of aryl methyl sites for hydroxylation is 1. The van der Waals surface area contributed by atoms with Crippen molar-refractivity contribution in [3.8, 4) is 0 Å². The summed E-state index contributed by atoms with van der Waals surface area (Å²) in [5.41, 5.74) is 2.65. The molecule has 0 aliphatic carbocycles. The summed E-state index contributed by atoms with van der Waals surface area (Å²) in [6, 6.07) is 9.37. The Hall–Kier alpha value is -0.980. The monoisotopic (exact) mass is 191 g/mol. The third-order valence-electron chi connectivity index (χ3n) is 2.72. The number of hydrogen-bond donors (Lipinski definition) is 1. The molecule has 78 valence electrons. The zero-order valence-electron chi connectivity index (χ0n) is 9.51. The Balaban J connectivity index is 2.58. The van der Waals surface area contributed by atoms with Gasteiger partial charge in [0.15, 0.2) is 0 Å².